The second-order valence-electron chi connectivity index (χ2n) is 5.35. The molecule has 0 radical (unpaired) electrons. The number of carbonyl (C=O) groups excluding carboxylic acids is 1. The van der Waals surface area contributed by atoms with Crippen molar-refractivity contribution in [1.82, 2.24) is 0 Å². The van der Waals surface area contributed by atoms with Gasteiger partial charge in [-0.25, -0.2) is 0 Å². The molecular weight excluding hydrogens is 260 g/mol. The van der Waals surface area contributed by atoms with Crippen molar-refractivity contribution in [3.8, 4) is 0 Å². The minimum Gasteiger partial charge on any atom is -0.385 e. The minimum atomic E-state index is -0.0853. The van der Waals surface area contributed by atoms with Crippen LogP contribution in [0.15, 0.2) is 36.4 Å². The summed E-state index contributed by atoms with van der Waals surface area (Å²) in [5.74, 6) is -0.0853. The maximum Gasteiger partial charge on any atom is 0.257 e. The minimum absolute atomic E-state index is 0.0853. The van der Waals surface area contributed by atoms with E-state index >= 15 is 0 Å². The Labute approximate surface area is 126 Å². The fourth-order valence-corrected chi connectivity index (χ4v) is 2.34. The highest BCUT2D eigenvalue weighted by molar-refractivity contribution is 6.08. The largest absolute Gasteiger partial charge is 0.385 e. The Morgan fingerprint density at radius 3 is 2.29 bits per heavy atom. The average molecular weight is 282 g/mol. The number of benzene rings is 2. The lowest BCUT2D eigenvalue weighted by molar-refractivity contribution is 0.102. The summed E-state index contributed by atoms with van der Waals surface area (Å²) in [5, 5.41) is 6.24. The Morgan fingerprint density at radius 2 is 1.62 bits per heavy atom. The molecule has 3 nitrogen and oxygen atoms in total. The first kappa shape index (κ1) is 15.1. The molecule has 0 heterocycles. The molecule has 0 fully saturated rings. The van der Waals surface area contributed by atoms with Gasteiger partial charge >= 0.3 is 0 Å². The number of nitrogens with one attached hydrogen (secondary N) is 2. The molecule has 0 saturated heterocycles. The van der Waals surface area contributed by atoms with Crippen LogP contribution in [0.25, 0.3) is 0 Å². The topological polar surface area (TPSA) is 41.1 Å². The molecule has 0 aromatic heterocycles. The summed E-state index contributed by atoms with van der Waals surface area (Å²) in [6, 6.07) is 11.8. The summed E-state index contributed by atoms with van der Waals surface area (Å²) >= 11 is 0. The standard InChI is InChI=1S/C18H22N2O/c1-5-19-17-11-13(3)6-8-15(17)18(21)20-16-9-7-12(2)10-14(16)4/h6-11,19H,5H2,1-4H3,(H,20,21). The van der Waals surface area contributed by atoms with E-state index in [-0.39, 0.29) is 5.91 Å². The number of amides is 1. The summed E-state index contributed by atoms with van der Waals surface area (Å²) < 4.78 is 0. The first-order valence-corrected chi connectivity index (χ1v) is 7.24. The molecule has 0 aliphatic heterocycles. The lowest BCUT2D eigenvalue weighted by Gasteiger charge is -2.13. The third-order valence-electron chi connectivity index (χ3n) is 3.42. The smallest absolute Gasteiger partial charge is 0.257 e. The fourth-order valence-electron chi connectivity index (χ4n) is 2.34. The number of anilines is 2. The Morgan fingerprint density at radius 1 is 0.952 bits per heavy atom. The van der Waals surface area contributed by atoms with Gasteiger partial charge in [0.25, 0.3) is 5.91 Å². The van der Waals surface area contributed by atoms with E-state index in [2.05, 4.69) is 16.7 Å². The molecule has 0 spiro atoms. The maximum atomic E-state index is 12.5. The van der Waals surface area contributed by atoms with Gasteiger partial charge in [-0.1, -0.05) is 23.8 Å². The second-order valence-corrected chi connectivity index (χ2v) is 5.35. The van der Waals surface area contributed by atoms with E-state index in [0.717, 1.165) is 29.0 Å². The number of rotatable bonds is 4. The summed E-state index contributed by atoms with van der Waals surface area (Å²) in [6.07, 6.45) is 0. The number of carbonyl (C=O) groups is 1. The van der Waals surface area contributed by atoms with Crippen molar-refractivity contribution in [3.63, 3.8) is 0 Å². The lowest BCUT2D eigenvalue weighted by Crippen LogP contribution is -2.15. The monoisotopic (exact) mass is 282 g/mol. The van der Waals surface area contributed by atoms with Crippen LogP contribution in [-0.2, 0) is 0 Å². The molecule has 2 aromatic carbocycles. The highest BCUT2D eigenvalue weighted by atomic mass is 16.1. The lowest BCUT2D eigenvalue weighted by atomic mass is 10.1. The highest BCUT2D eigenvalue weighted by Crippen LogP contribution is 2.21. The first-order valence-electron chi connectivity index (χ1n) is 7.24. The maximum absolute atomic E-state index is 12.5. The predicted molar refractivity (Wildman–Crippen MR) is 89.2 cm³/mol. The predicted octanol–water partition coefficient (Wildman–Crippen LogP) is 4.30. The van der Waals surface area contributed by atoms with Crippen LogP contribution in [0.2, 0.25) is 0 Å². The molecule has 0 aliphatic rings. The van der Waals surface area contributed by atoms with Crippen LogP contribution < -0.4 is 10.6 Å². The van der Waals surface area contributed by atoms with Gasteiger partial charge in [-0.2, -0.15) is 0 Å². The zero-order valence-corrected chi connectivity index (χ0v) is 13.1. The van der Waals surface area contributed by atoms with Crippen LogP contribution in [0, 0.1) is 20.8 Å². The van der Waals surface area contributed by atoms with Crippen molar-refractivity contribution in [2.75, 3.05) is 17.2 Å². The van der Waals surface area contributed by atoms with Gasteiger partial charge in [-0.05, 0) is 57.0 Å². The normalized spacial score (nSPS) is 10.3. The Kier molecular flexibility index (Phi) is 4.63. The van der Waals surface area contributed by atoms with Crippen LogP contribution in [0.3, 0.4) is 0 Å². The van der Waals surface area contributed by atoms with E-state index in [0.29, 0.717) is 5.56 Å². The molecule has 110 valence electrons. The van der Waals surface area contributed by atoms with Gasteiger partial charge in [0.1, 0.15) is 0 Å². The van der Waals surface area contributed by atoms with Crippen molar-refractivity contribution >= 4 is 17.3 Å². The molecule has 0 atom stereocenters. The first-order chi connectivity index (χ1) is 10.0. The number of hydrogen-bond donors (Lipinski definition) is 2. The molecule has 0 aliphatic carbocycles. The van der Waals surface area contributed by atoms with Crippen LogP contribution in [0.1, 0.15) is 34.0 Å². The molecule has 0 bridgehead atoms. The number of aryl methyl sites for hydroxylation is 3. The molecule has 3 heteroatoms. The van der Waals surface area contributed by atoms with Gasteiger partial charge in [0.15, 0.2) is 0 Å². The van der Waals surface area contributed by atoms with Gasteiger partial charge in [-0.3, -0.25) is 4.79 Å². The Hall–Kier alpha value is -2.29. The molecular formula is C18H22N2O. The molecule has 2 rings (SSSR count). The molecule has 0 unspecified atom stereocenters. The van der Waals surface area contributed by atoms with Crippen molar-refractivity contribution < 1.29 is 4.79 Å². The third-order valence-corrected chi connectivity index (χ3v) is 3.42. The highest BCUT2D eigenvalue weighted by Gasteiger charge is 2.12. The molecule has 1 amide bonds. The summed E-state index contributed by atoms with van der Waals surface area (Å²) in [7, 11) is 0. The quantitative estimate of drug-likeness (QED) is 0.878. The Bertz CT molecular complexity index is 662. The van der Waals surface area contributed by atoms with Crippen LogP contribution in [-0.4, -0.2) is 12.5 Å². The summed E-state index contributed by atoms with van der Waals surface area (Å²) in [6.45, 7) is 8.87. The van der Waals surface area contributed by atoms with Gasteiger partial charge in [0.05, 0.1) is 5.56 Å². The van der Waals surface area contributed by atoms with Gasteiger partial charge in [-0.15, -0.1) is 0 Å². The molecule has 2 aromatic rings. The fraction of sp³-hybridized carbons (Fsp3) is 0.278. The average Bonchev–Trinajstić information content (AvgIpc) is 2.42. The number of hydrogen-bond acceptors (Lipinski definition) is 2. The summed E-state index contributed by atoms with van der Waals surface area (Å²) in [4.78, 5) is 12.5. The third kappa shape index (κ3) is 3.63. The van der Waals surface area contributed by atoms with Gasteiger partial charge in [0, 0.05) is 17.9 Å². The Balaban J connectivity index is 2.28. The second kappa shape index (κ2) is 6.44. The van der Waals surface area contributed by atoms with E-state index in [9.17, 15) is 4.79 Å². The van der Waals surface area contributed by atoms with E-state index in [4.69, 9.17) is 0 Å². The van der Waals surface area contributed by atoms with Crippen molar-refractivity contribution in [3.05, 3.63) is 58.7 Å². The van der Waals surface area contributed by atoms with E-state index in [1.165, 1.54) is 5.56 Å². The zero-order chi connectivity index (χ0) is 15.4. The van der Waals surface area contributed by atoms with E-state index in [1.54, 1.807) is 0 Å². The van der Waals surface area contributed by atoms with Crippen LogP contribution in [0.4, 0.5) is 11.4 Å². The summed E-state index contributed by atoms with van der Waals surface area (Å²) in [5.41, 5.74) is 5.79. The zero-order valence-electron chi connectivity index (χ0n) is 13.1. The molecule has 2 N–H and O–H groups in total. The van der Waals surface area contributed by atoms with Crippen molar-refractivity contribution in [1.29, 1.82) is 0 Å². The van der Waals surface area contributed by atoms with Gasteiger partial charge in [0.2, 0.25) is 0 Å². The van der Waals surface area contributed by atoms with E-state index in [1.807, 2.05) is 58.0 Å². The van der Waals surface area contributed by atoms with Crippen LogP contribution in [0.5, 0.6) is 0 Å². The van der Waals surface area contributed by atoms with Crippen molar-refractivity contribution in [2.24, 2.45) is 0 Å². The van der Waals surface area contributed by atoms with Gasteiger partial charge < -0.3 is 10.6 Å². The van der Waals surface area contributed by atoms with Crippen molar-refractivity contribution in [2.45, 2.75) is 27.7 Å². The molecule has 21 heavy (non-hydrogen) atoms. The van der Waals surface area contributed by atoms with Crippen LogP contribution >= 0.6 is 0 Å². The SMILES string of the molecule is CCNc1cc(C)ccc1C(=O)Nc1ccc(C)cc1C. The molecule has 0 saturated carbocycles. The van der Waals surface area contributed by atoms with E-state index < -0.39 is 0 Å².